The van der Waals surface area contributed by atoms with Crippen LogP contribution in [0.15, 0.2) is 16.9 Å². The van der Waals surface area contributed by atoms with Gasteiger partial charge in [0.2, 0.25) is 5.89 Å². The van der Waals surface area contributed by atoms with Gasteiger partial charge < -0.3 is 10.3 Å². The SMILES string of the molecule is CCC1SCCSC1c1noc(Cn2cc(N)cn2)n1. The van der Waals surface area contributed by atoms with Crippen molar-refractivity contribution in [3.8, 4) is 0 Å². The summed E-state index contributed by atoms with van der Waals surface area (Å²) in [4.78, 5) is 4.52. The second-order valence-corrected chi connectivity index (χ2v) is 7.22. The molecule has 1 aliphatic heterocycles. The average molecular weight is 311 g/mol. The molecule has 1 saturated heterocycles. The van der Waals surface area contributed by atoms with Crippen LogP contribution in [0.25, 0.3) is 0 Å². The summed E-state index contributed by atoms with van der Waals surface area (Å²) in [5, 5.41) is 9.17. The first kappa shape index (κ1) is 13.8. The second kappa shape index (κ2) is 6.09. The Bertz CT molecular complexity index is 570. The van der Waals surface area contributed by atoms with Gasteiger partial charge in [0.1, 0.15) is 6.54 Å². The molecule has 8 heteroatoms. The summed E-state index contributed by atoms with van der Waals surface area (Å²) >= 11 is 3.93. The standard InChI is InChI=1S/C12H17N5OS2/c1-2-9-11(20-4-3-19-9)12-15-10(18-16-12)7-17-6-8(13)5-14-17/h5-6,9,11H,2-4,7,13H2,1H3. The summed E-state index contributed by atoms with van der Waals surface area (Å²) < 4.78 is 7.04. The van der Waals surface area contributed by atoms with E-state index in [-0.39, 0.29) is 0 Å². The van der Waals surface area contributed by atoms with Gasteiger partial charge in [0, 0.05) is 23.0 Å². The Morgan fingerprint density at radius 2 is 2.30 bits per heavy atom. The van der Waals surface area contributed by atoms with Gasteiger partial charge in [-0.3, -0.25) is 4.68 Å². The molecule has 0 bridgehead atoms. The molecule has 2 aromatic rings. The van der Waals surface area contributed by atoms with Crippen molar-refractivity contribution in [3.05, 3.63) is 24.1 Å². The van der Waals surface area contributed by atoms with E-state index >= 15 is 0 Å². The number of thioether (sulfide) groups is 2. The molecular weight excluding hydrogens is 294 g/mol. The van der Waals surface area contributed by atoms with E-state index in [4.69, 9.17) is 10.3 Å². The summed E-state index contributed by atoms with van der Waals surface area (Å²) in [6.45, 7) is 2.68. The largest absolute Gasteiger partial charge is 0.396 e. The third-order valence-electron chi connectivity index (χ3n) is 3.14. The average Bonchev–Trinajstić information content (AvgIpc) is 3.08. The van der Waals surface area contributed by atoms with E-state index in [2.05, 4.69) is 22.2 Å². The van der Waals surface area contributed by atoms with E-state index in [1.165, 1.54) is 5.75 Å². The molecule has 20 heavy (non-hydrogen) atoms. The Morgan fingerprint density at radius 1 is 1.45 bits per heavy atom. The maximum Gasteiger partial charge on any atom is 0.248 e. The zero-order valence-electron chi connectivity index (χ0n) is 11.2. The topological polar surface area (TPSA) is 82.8 Å². The minimum atomic E-state index is 0.332. The number of anilines is 1. The minimum Gasteiger partial charge on any atom is -0.396 e. The van der Waals surface area contributed by atoms with Crippen molar-refractivity contribution in [3.63, 3.8) is 0 Å². The molecule has 108 valence electrons. The van der Waals surface area contributed by atoms with Gasteiger partial charge in [0.25, 0.3) is 0 Å². The Balaban J connectivity index is 1.72. The van der Waals surface area contributed by atoms with Crippen LogP contribution >= 0.6 is 23.5 Å². The van der Waals surface area contributed by atoms with Gasteiger partial charge in [-0.05, 0) is 6.42 Å². The van der Waals surface area contributed by atoms with Gasteiger partial charge in [0.15, 0.2) is 5.82 Å². The van der Waals surface area contributed by atoms with Crippen molar-refractivity contribution in [2.75, 3.05) is 17.2 Å². The zero-order valence-corrected chi connectivity index (χ0v) is 12.9. The molecule has 2 aromatic heterocycles. The normalized spacial score (nSPS) is 23.1. The first-order chi connectivity index (χ1) is 9.76. The predicted octanol–water partition coefficient (Wildman–Crippen LogP) is 2.20. The molecule has 0 spiro atoms. The van der Waals surface area contributed by atoms with E-state index in [0.717, 1.165) is 18.0 Å². The van der Waals surface area contributed by atoms with Crippen LogP contribution in [0.3, 0.4) is 0 Å². The van der Waals surface area contributed by atoms with E-state index in [1.54, 1.807) is 17.1 Å². The number of nitrogens with two attached hydrogens (primary N) is 1. The van der Waals surface area contributed by atoms with Crippen LogP contribution in [-0.4, -0.2) is 36.7 Å². The van der Waals surface area contributed by atoms with Crippen molar-refractivity contribution < 1.29 is 4.52 Å². The number of nitrogens with zero attached hydrogens (tertiary/aromatic N) is 4. The second-order valence-electron chi connectivity index (χ2n) is 4.63. The van der Waals surface area contributed by atoms with E-state index in [1.807, 2.05) is 23.5 Å². The molecule has 1 aliphatic rings. The lowest BCUT2D eigenvalue weighted by Crippen LogP contribution is -2.19. The highest BCUT2D eigenvalue weighted by atomic mass is 32.2. The number of hydrogen-bond donors (Lipinski definition) is 1. The Hall–Kier alpha value is -1.15. The van der Waals surface area contributed by atoms with Gasteiger partial charge in [-0.25, -0.2) is 0 Å². The van der Waals surface area contributed by atoms with Crippen LogP contribution in [0.2, 0.25) is 0 Å². The van der Waals surface area contributed by atoms with Gasteiger partial charge >= 0.3 is 0 Å². The number of hydrogen-bond acceptors (Lipinski definition) is 7. The Morgan fingerprint density at radius 3 is 3.05 bits per heavy atom. The fraction of sp³-hybridized carbons (Fsp3) is 0.583. The van der Waals surface area contributed by atoms with Crippen LogP contribution in [-0.2, 0) is 6.54 Å². The van der Waals surface area contributed by atoms with Gasteiger partial charge in [-0.15, -0.1) is 11.8 Å². The van der Waals surface area contributed by atoms with Crippen molar-refractivity contribution in [1.82, 2.24) is 19.9 Å². The van der Waals surface area contributed by atoms with Gasteiger partial charge in [-0.1, -0.05) is 12.1 Å². The quantitative estimate of drug-likeness (QED) is 0.926. The highest BCUT2D eigenvalue weighted by Crippen LogP contribution is 2.42. The third kappa shape index (κ3) is 2.95. The maximum absolute atomic E-state index is 5.63. The lowest BCUT2D eigenvalue weighted by molar-refractivity contribution is 0.360. The Labute approximate surface area is 125 Å². The lowest BCUT2D eigenvalue weighted by Gasteiger charge is -2.27. The van der Waals surface area contributed by atoms with Gasteiger partial charge in [-0.2, -0.15) is 21.8 Å². The van der Waals surface area contributed by atoms with Crippen LogP contribution in [0.4, 0.5) is 5.69 Å². The number of nitrogen functional groups attached to an aromatic ring is 1. The summed E-state index contributed by atoms with van der Waals surface area (Å²) in [6, 6.07) is 0. The molecule has 3 heterocycles. The number of rotatable bonds is 4. The third-order valence-corrected chi connectivity index (χ3v) is 6.38. The zero-order chi connectivity index (χ0) is 13.9. The van der Waals surface area contributed by atoms with E-state index in [0.29, 0.717) is 28.6 Å². The molecule has 0 radical (unpaired) electrons. The van der Waals surface area contributed by atoms with Crippen LogP contribution < -0.4 is 5.73 Å². The smallest absolute Gasteiger partial charge is 0.248 e. The van der Waals surface area contributed by atoms with Crippen molar-refractivity contribution in [1.29, 1.82) is 0 Å². The van der Waals surface area contributed by atoms with E-state index in [9.17, 15) is 0 Å². The monoisotopic (exact) mass is 311 g/mol. The van der Waals surface area contributed by atoms with E-state index < -0.39 is 0 Å². The molecule has 2 atom stereocenters. The highest BCUT2D eigenvalue weighted by molar-refractivity contribution is 8.06. The van der Waals surface area contributed by atoms with Crippen LogP contribution in [0.1, 0.15) is 30.3 Å². The molecule has 0 amide bonds. The van der Waals surface area contributed by atoms with Gasteiger partial charge in [0.05, 0.1) is 17.1 Å². The molecule has 6 nitrogen and oxygen atoms in total. The molecule has 0 aliphatic carbocycles. The summed E-state index contributed by atoms with van der Waals surface area (Å²) in [5.41, 5.74) is 6.27. The maximum atomic E-state index is 5.63. The number of aromatic nitrogens is 4. The predicted molar refractivity (Wildman–Crippen MR) is 81.8 cm³/mol. The molecule has 0 aromatic carbocycles. The lowest BCUT2D eigenvalue weighted by atomic mass is 10.2. The van der Waals surface area contributed by atoms with Crippen LogP contribution in [0.5, 0.6) is 0 Å². The molecule has 2 N–H and O–H groups in total. The Kier molecular flexibility index (Phi) is 4.21. The molecule has 3 rings (SSSR count). The van der Waals surface area contributed by atoms with Crippen LogP contribution in [0, 0.1) is 0 Å². The van der Waals surface area contributed by atoms with Crippen molar-refractivity contribution in [2.24, 2.45) is 0 Å². The summed E-state index contributed by atoms with van der Waals surface area (Å²) in [6.07, 6.45) is 4.49. The highest BCUT2D eigenvalue weighted by Gasteiger charge is 2.30. The first-order valence-corrected chi connectivity index (χ1v) is 8.69. The minimum absolute atomic E-state index is 0.332. The molecule has 2 unspecified atom stereocenters. The van der Waals surface area contributed by atoms with Crippen molar-refractivity contribution >= 4 is 29.2 Å². The summed E-state index contributed by atoms with van der Waals surface area (Å²) in [7, 11) is 0. The molecule has 0 saturated carbocycles. The molecule has 1 fully saturated rings. The molecular formula is C12H17N5OS2. The van der Waals surface area contributed by atoms with Crippen molar-refractivity contribution in [2.45, 2.75) is 30.4 Å². The first-order valence-electron chi connectivity index (χ1n) is 6.60. The summed E-state index contributed by atoms with van der Waals surface area (Å²) in [5.74, 6) is 3.74. The fourth-order valence-electron chi connectivity index (χ4n) is 2.19. The fourth-order valence-corrected chi connectivity index (χ4v) is 5.18.